The number of halogens is 1. The van der Waals surface area contributed by atoms with E-state index in [0.29, 0.717) is 30.9 Å². The van der Waals surface area contributed by atoms with Gasteiger partial charge in [-0.25, -0.2) is 0 Å². The molecular weight excluding hydrogens is 292 g/mol. The Labute approximate surface area is 132 Å². The molecule has 0 aromatic heterocycles. The Morgan fingerprint density at radius 3 is 2.52 bits per heavy atom. The van der Waals surface area contributed by atoms with Gasteiger partial charge in [-0.15, -0.1) is 12.4 Å². The predicted molar refractivity (Wildman–Crippen MR) is 86.4 cm³/mol. The van der Waals surface area contributed by atoms with Gasteiger partial charge < -0.3 is 20.5 Å². The number of carbonyl (C=O) groups excluding carboxylic acids is 1. The number of benzene rings is 1. The van der Waals surface area contributed by atoms with Crippen molar-refractivity contribution in [3.63, 3.8) is 0 Å². The van der Waals surface area contributed by atoms with Crippen molar-refractivity contribution in [3.05, 3.63) is 23.8 Å². The summed E-state index contributed by atoms with van der Waals surface area (Å²) in [5.41, 5.74) is 6.67. The van der Waals surface area contributed by atoms with Crippen molar-refractivity contribution >= 4 is 18.3 Å². The molecule has 1 unspecified atom stereocenters. The van der Waals surface area contributed by atoms with E-state index in [0.717, 1.165) is 12.0 Å². The number of rotatable bonds is 8. The van der Waals surface area contributed by atoms with E-state index in [9.17, 15) is 4.79 Å². The summed E-state index contributed by atoms with van der Waals surface area (Å²) in [5, 5.41) is 2.86. The molecule has 0 aliphatic heterocycles. The number of aryl methyl sites for hydroxylation is 1. The first-order chi connectivity index (χ1) is 9.56. The number of hydrogen-bond donors (Lipinski definition) is 2. The molecule has 0 saturated heterocycles. The van der Waals surface area contributed by atoms with Crippen molar-refractivity contribution in [1.82, 2.24) is 5.32 Å². The van der Waals surface area contributed by atoms with E-state index in [1.54, 1.807) is 14.2 Å². The molecule has 3 N–H and O–H groups in total. The largest absolute Gasteiger partial charge is 0.493 e. The van der Waals surface area contributed by atoms with Gasteiger partial charge in [0.05, 0.1) is 14.2 Å². The second-order valence-electron chi connectivity index (χ2n) is 4.81. The summed E-state index contributed by atoms with van der Waals surface area (Å²) >= 11 is 0. The Hall–Kier alpha value is -1.46. The topological polar surface area (TPSA) is 73.6 Å². The molecule has 1 aromatic carbocycles. The summed E-state index contributed by atoms with van der Waals surface area (Å²) in [6.07, 6.45) is 1.92. The summed E-state index contributed by atoms with van der Waals surface area (Å²) in [6.45, 7) is 2.55. The van der Waals surface area contributed by atoms with Gasteiger partial charge in [0, 0.05) is 19.0 Å². The van der Waals surface area contributed by atoms with Crippen LogP contribution in [0, 0.1) is 0 Å². The van der Waals surface area contributed by atoms with Crippen LogP contribution in [0.15, 0.2) is 18.2 Å². The second kappa shape index (κ2) is 10.3. The minimum absolute atomic E-state index is 0. The van der Waals surface area contributed by atoms with Crippen LogP contribution in [-0.4, -0.2) is 32.7 Å². The van der Waals surface area contributed by atoms with E-state index >= 15 is 0 Å². The molecule has 1 atom stereocenters. The zero-order valence-electron chi connectivity index (χ0n) is 12.8. The minimum Gasteiger partial charge on any atom is -0.493 e. The Bertz CT molecular complexity index is 439. The highest BCUT2D eigenvalue weighted by atomic mass is 35.5. The average Bonchev–Trinajstić information content (AvgIpc) is 2.44. The highest BCUT2D eigenvalue weighted by Gasteiger charge is 2.07. The van der Waals surface area contributed by atoms with Gasteiger partial charge >= 0.3 is 0 Å². The van der Waals surface area contributed by atoms with E-state index in [2.05, 4.69) is 5.32 Å². The molecule has 1 aromatic rings. The SMILES string of the molecule is COc1ccc(CCC(=O)NCCC(C)N)cc1OC.Cl. The molecule has 120 valence electrons. The van der Waals surface area contributed by atoms with Crippen LogP contribution in [0.4, 0.5) is 0 Å². The summed E-state index contributed by atoms with van der Waals surface area (Å²) in [7, 11) is 3.20. The number of hydrogen-bond acceptors (Lipinski definition) is 4. The van der Waals surface area contributed by atoms with Gasteiger partial charge in [-0.2, -0.15) is 0 Å². The highest BCUT2D eigenvalue weighted by Crippen LogP contribution is 2.27. The van der Waals surface area contributed by atoms with Gasteiger partial charge in [-0.05, 0) is 37.5 Å². The van der Waals surface area contributed by atoms with Crippen LogP contribution < -0.4 is 20.5 Å². The minimum atomic E-state index is 0. The first-order valence-corrected chi connectivity index (χ1v) is 6.80. The van der Waals surface area contributed by atoms with Crippen LogP contribution in [-0.2, 0) is 11.2 Å². The molecule has 1 rings (SSSR count). The Kier molecular flexibility index (Phi) is 9.58. The molecule has 0 aliphatic rings. The lowest BCUT2D eigenvalue weighted by Gasteiger charge is -2.10. The second-order valence-corrected chi connectivity index (χ2v) is 4.81. The predicted octanol–water partition coefficient (Wildman–Crippen LogP) is 1.91. The van der Waals surface area contributed by atoms with Gasteiger partial charge in [0.25, 0.3) is 0 Å². The number of methoxy groups -OCH3 is 2. The van der Waals surface area contributed by atoms with Crippen molar-refractivity contribution in [2.45, 2.75) is 32.2 Å². The van der Waals surface area contributed by atoms with Crippen molar-refractivity contribution in [2.75, 3.05) is 20.8 Å². The number of nitrogens with two attached hydrogens (primary N) is 1. The third-order valence-electron chi connectivity index (χ3n) is 3.01. The summed E-state index contributed by atoms with van der Waals surface area (Å²) in [4.78, 5) is 11.7. The van der Waals surface area contributed by atoms with Crippen LogP contribution in [0.2, 0.25) is 0 Å². The first kappa shape index (κ1) is 19.5. The van der Waals surface area contributed by atoms with Crippen LogP contribution in [0.3, 0.4) is 0 Å². The maximum atomic E-state index is 11.7. The normalized spacial score (nSPS) is 11.2. The third kappa shape index (κ3) is 7.20. The zero-order valence-corrected chi connectivity index (χ0v) is 13.7. The van der Waals surface area contributed by atoms with Gasteiger partial charge in [0.15, 0.2) is 11.5 Å². The zero-order chi connectivity index (χ0) is 15.0. The van der Waals surface area contributed by atoms with Crippen molar-refractivity contribution in [1.29, 1.82) is 0 Å². The Morgan fingerprint density at radius 2 is 1.95 bits per heavy atom. The maximum absolute atomic E-state index is 11.7. The van der Waals surface area contributed by atoms with Crippen molar-refractivity contribution < 1.29 is 14.3 Å². The lowest BCUT2D eigenvalue weighted by Crippen LogP contribution is -2.29. The molecule has 0 fully saturated rings. The number of amides is 1. The monoisotopic (exact) mass is 316 g/mol. The molecule has 6 heteroatoms. The van der Waals surface area contributed by atoms with E-state index in [4.69, 9.17) is 15.2 Å². The quantitative estimate of drug-likeness (QED) is 0.768. The molecule has 21 heavy (non-hydrogen) atoms. The average molecular weight is 317 g/mol. The number of nitrogens with one attached hydrogen (secondary N) is 1. The van der Waals surface area contributed by atoms with E-state index in [1.165, 1.54) is 0 Å². The molecule has 0 spiro atoms. The molecule has 1 amide bonds. The highest BCUT2D eigenvalue weighted by molar-refractivity contribution is 5.85. The van der Waals surface area contributed by atoms with Gasteiger partial charge in [-0.1, -0.05) is 6.07 Å². The fourth-order valence-electron chi connectivity index (χ4n) is 1.82. The molecule has 0 heterocycles. The van der Waals surface area contributed by atoms with Crippen LogP contribution >= 0.6 is 12.4 Å². The molecule has 0 saturated carbocycles. The summed E-state index contributed by atoms with van der Waals surface area (Å²) < 4.78 is 10.4. The maximum Gasteiger partial charge on any atom is 0.220 e. The summed E-state index contributed by atoms with van der Waals surface area (Å²) in [6, 6.07) is 5.80. The van der Waals surface area contributed by atoms with E-state index in [1.807, 2.05) is 25.1 Å². The molecule has 0 radical (unpaired) electrons. The number of carbonyl (C=O) groups is 1. The number of ether oxygens (including phenoxy) is 2. The molecule has 0 bridgehead atoms. The first-order valence-electron chi connectivity index (χ1n) is 6.80. The lowest BCUT2D eigenvalue weighted by molar-refractivity contribution is -0.121. The van der Waals surface area contributed by atoms with Crippen LogP contribution in [0.1, 0.15) is 25.3 Å². The fraction of sp³-hybridized carbons (Fsp3) is 0.533. The molecule has 5 nitrogen and oxygen atoms in total. The standard InChI is InChI=1S/C15H24N2O3.ClH/c1-11(16)8-9-17-15(18)7-5-12-4-6-13(19-2)14(10-12)20-3;/h4,6,10-11H,5,7-9,16H2,1-3H3,(H,17,18);1H. The Morgan fingerprint density at radius 1 is 1.29 bits per heavy atom. The van der Waals surface area contributed by atoms with E-state index in [-0.39, 0.29) is 24.4 Å². The van der Waals surface area contributed by atoms with Crippen LogP contribution in [0.5, 0.6) is 11.5 Å². The van der Waals surface area contributed by atoms with Gasteiger partial charge in [-0.3, -0.25) is 4.79 Å². The summed E-state index contributed by atoms with van der Waals surface area (Å²) in [5.74, 6) is 1.42. The lowest BCUT2D eigenvalue weighted by atomic mass is 10.1. The third-order valence-corrected chi connectivity index (χ3v) is 3.01. The molecule has 0 aliphatic carbocycles. The smallest absolute Gasteiger partial charge is 0.220 e. The van der Waals surface area contributed by atoms with E-state index < -0.39 is 0 Å². The van der Waals surface area contributed by atoms with Crippen molar-refractivity contribution in [3.8, 4) is 11.5 Å². The van der Waals surface area contributed by atoms with Crippen LogP contribution in [0.25, 0.3) is 0 Å². The fourth-order valence-corrected chi connectivity index (χ4v) is 1.82. The molecular formula is C15H25ClN2O3. The Balaban J connectivity index is 0.00000400. The van der Waals surface area contributed by atoms with Crippen molar-refractivity contribution in [2.24, 2.45) is 5.73 Å². The van der Waals surface area contributed by atoms with Gasteiger partial charge in [0.2, 0.25) is 5.91 Å². The van der Waals surface area contributed by atoms with Gasteiger partial charge in [0.1, 0.15) is 0 Å².